The minimum absolute atomic E-state index is 0.393. The van der Waals surface area contributed by atoms with E-state index in [0.717, 1.165) is 18.5 Å². The lowest BCUT2D eigenvalue weighted by Crippen LogP contribution is -2.33. The lowest BCUT2D eigenvalue weighted by Gasteiger charge is -2.28. The molecule has 0 aromatic rings. The summed E-state index contributed by atoms with van der Waals surface area (Å²) < 4.78 is 0. The third-order valence-electron chi connectivity index (χ3n) is 2.69. The first-order chi connectivity index (χ1) is 6.61. The first kappa shape index (κ1) is 10.8. The van der Waals surface area contributed by atoms with Crippen molar-refractivity contribution in [1.82, 2.24) is 4.90 Å². The largest absolute Gasteiger partial charge is 0.351 e. The van der Waals surface area contributed by atoms with Gasteiger partial charge in [0.15, 0.2) is 0 Å². The molecular formula is C11H18N2O. The molecule has 1 heterocycles. The highest BCUT2D eigenvalue weighted by Gasteiger charge is 2.21. The molecule has 1 aliphatic heterocycles. The van der Waals surface area contributed by atoms with Crippen LogP contribution in [-0.2, 0) is 0 Å². The van der Waals surface area contributed by atoms with Gasteiger partial charge < -0.3 is 5.73 Å². The van der Waals surface area contributed by atoms with Crippen molar-refractivity contribution in [3.63, 3.8) is 0 Å². The summed E-state index contributed by atoms with van der Waals surface area (Å²) >= 11 is 0. The topological polar surface area (TPSA) is 46.3 Å². The van der Waals surface area contributed by atoms with Crippen molar-refractivity contribution in [2.45, 2.75) is 33.6 Å². The Labute approximate surface area is 85.3 Å². The summed E-state index contributed by atoms with van der Waals surface area (Å²) in [6.07, 6.45) is 5.62. The van der Waals surface area contributed by atoms with E-state index in [2.05, 4.69) is 13.8 Å². The van der Waals surface area contributed by atoms with Gasteiger partial charge >= 0.3 is 6.03 Å². The molecular weight excluding hydrogens is 176 g/mol. The maximum atomic E-state index is 11.2. The van der Waals surface area contributed by atoms with E-state index in [0.29, 0.717) is 5.92 Å². The van der Waals surface area contributed by atoms with E-state index in [1.165, 1.54) is 5.57 Å². The molecule has 78 valence electrons. The standard InChI is InChI=1S/C11H18N2O/c1-4-9-8(3)6-7-13(11(12)14)10(9)5-2/h6-8H,4-5H2,1-3H3,(H2,12,14). The second-order valence-electron chi connectivity index (χ2n) is 3.52. The molecule has 1 rings (SSSR count). The summed E-state index contributed by atoms with van der Waals surface area (Å²) in [7, 11) is 0. The molecule has 0 saturated heterocycles. The van der Waals surface area contributed by atoms with Gasteiger partial charge in [-0.25, -0.2) is 4.79 Å². The van der Waals surface area contributed by atoms with Gasteiger partial charge in [0.2, 0.25) is 0 Å². The second-order valence-corrected chi connectivity index (χ2v) is 3.52. The number of amides is 2. The minimum atomic E-state index is -0.393. The van der Waals surface area contributed by atoms with Crippen LogP contribution in [0.15, 0.2) is 23.5 Å². The van der Waals surface area contributed by atoms with Gasteiger partial charge in [0.25, 0.3) is 0 Å². The second kappa shape index (κ2) is 4.31. The fourth-order valence-electron chi connectivity index (χ4n) is 1.97. The van der Waals surface area contributed by atoms with Gasteiger partial charge in [0.05, 0.1) is 0 Å². The number of nitrogens with two attached hydrogens (primary N) is 1. The van der Waals surface area contributed by atoms with E-state index in [1.54, 1.807) is 11.1 Å². The summed E-state index contributed by atoms with van der Waals surface area (Å²) in [6, 6.07) is -0.393. The molecule has 0 aliphatic carbocycles. The molecule has 2 N–H and O–H groups in total. The molecule has 1 unspecified atom stereocenters. The predicted octanol–water partition coefficient (Wildman–Crippen LogP) is 2.60. The van der Waals surface area contributed by atoms with Crippen LogP contribution in [0.25, 0.3) is 0 Å². The molecule has 0 aromatic carbocycles. The average molecular weight is 194 g/mol. The van der Waals surface area contributed by atoms with E-state index in [4.69, 9.17) is 5.73 Å². The van der Waals surface area contributed by atoms with Crippen LogP contribution >= 0.6 is 0 Å². The number of primary amides is 1. The molecule has 0 radical (unpaired) electrons. The van der Waals surface area contributed by atoms with E-state index >= 15 is 0 Å². The van der Waals surface area contributed by atoms with Gasteiger partial charge in [0.1, 0.15) is 0 Å². The fourth-order valence-corrected chi connectivity index (χ4v) is 1.97. The maximum absolute atomic E-state index is 11.2. The summed E-state index contributed by atoms with van der Waals surface area (Å²) in [5.41, 5.74) is 7.68. The van der Waals surface area contributed by atoms with Crippen LogP contribution in [0.3, 0.4) is 0 Å². The molecule has 0 spiro atoms. The number of carbonyl (C=O) groups is 1. The van der Waals surface area contributed by atoms with Crippen molar-refractivity contribution in [3.8, 4) is 0 Å². The molecule has 0 saturated carbocycles. The van der Waals surface area contributed by atoms with Crippen LogP contribution in [0.5, 0.6) is 0 Å². The van der Waals surface area contributed by atoms with Crippen molar-refractivity contribution >= 4 is 6.03 Å². The van der Waals surface area contributed by atoms with Gasteiger partial charge in [-0.2, -0.15) is 0 Å². The quantitative estimate of drug-likeness (QED) is 0.721. The maximum Gasteiger partial charge on any atom is 0.323 e. The molecule has 0 bridgehead atoms. The Morgan fingerprint density at radius 2 is 2.14 bits per heavy atom. The third kappa shape index (κ3) is 1.81. The predicted molar refractivity (Wildman–Crippen MR) is 57.3 cm³/mol. The minimum Gasteiger partial charge on any atom is -0.351 e. The SMILES string of the molecule is CCC1=C(CC)N(C(N)=O)C=CC1C. The van der Waals surface area contributed by atoms with Gasteiger partial charge in [-0.1, -0.05) is 26.8 Å². The van der Waals surface area contributed by atoms with Crippen LogP contribution in [0, 0.1) is 5.92 Å². The van der Waals surface area contributed by atoms with Gasteiger partial charge in [0, 0.05) is 11.9 Å². The van der Waals surface area contributed by atoms with Crippen LogP contribution < -0.4 is 5.73 Å². The molecule has 2 amide bonds. The third-order valence-corrected chi connectivity index (χ3v) is 2.69. The molecule has 0 fully saturated rings. The van der Waals surface area contributed by atoms with Crippen molar-refractivity contribution in [2.24, 2.45) is 11.7 Å². The molecule has 3 nitrogen and oxygen atoms in total. The Kier molecular flexibility index (Phi) is 3.33. The molecule has 0 aromatic heterocycles. The smallest absolute Gasteiger partial charge is 0.323 e. The highest BCUT2D eigenvalue weighted by atomic mass is 16.2. The van der Waals surface area contributed by atoms with E-state index in [9.17, 15) is 4.79 Å². The molecule has 3 heteroatoms. The van der Waals surface area contributed by atoms with E-state index in [-0.39, 0.29) is 0 Å². The Morgan fingerprint density at radius 1 is 1.50 bits per heavy atom. The summed E-state index contributed by atoms with van der Waals surface area (Å²) in [5, 5.41) is 0. The number of carbonyl (C=O) groups excluding carboxylic acids is 1. The van der Waals surface area contributed by atoms with E-state index in [1.807, 2.05) is 13.0 Å². The summed E-state index contributed by atoms with van der Waals surface area (Å²) in [6.45, 7) is 6.30. The Bertz CT molecular complexity index is 292. The zero-order valence-corrected chi connectivity index (χ0v) is 9.08. The fraction of sp³-hybridized carbons (Fsp3) is 0.545. The average Bonchev–Trinajstić information content (AvgIpc) is 2.16. The monoisotopic (exact) mass is 194 g/mol. The number of hydrogen-bond donors (Lipinski definition) is 1. The number of nitrogens with zero attached hydrogens (tertiary/aromatic N) is 1. The molecule has 1 atom stereocenters. The normalized spacial score (nSPS) is 21.6. The van der Waals surface area contributed by atoms with Crippen molar-refractivity contribution in [3.05, 3.63) is 23.5 Å². The van der Waals surface area contributed by atoms with Gasteiger partial charge in [-0.15, -0.1) is 0 Å². The number of rotatable bonds is 2. The zero-order chi connectivity index (χ0) is 10.7. The Hall–Kier alpha value is -1.25. The highest BCUT2D eigenvalue weighted by Crippen LogP contribution is 2.29. The first-order valence-electron chi connectivity index (χ1n) is 5.10. The summed E-state index contributed by atoms with van der Waals surface area (Å²) in [4.78, 5) is 12.7. The number of allylic oxidation sites excluding steroid dienone is 3. The van der Waals surface area contributed by atoms with Crippen molar-refractivity contribution in [2.75, 3.05) is 0 Å². The van der Waals surface area contributed by atoms with Crippen molar-refractivity contribution in [1.29, 1.82) is 0 Å². The van der Waals surface area contributed by atoms with Crippen molar-refractivity contribution < 1.29 is 4.79 Å². The number of urea groups is 1. The molecule has 1 aliphatic rings. The van der Waals surface area contributed by atoms with Crippen LogP contribution in [-0.4, -0.2) is 10.9 Å². The van der Waals surface area contributed by atoms with E-state index < -0.39 is 6.03 Å². The lowest BCUT2D eigenvalue weighted by atomic mass is 9.92. The van der Waals surface area contributed by atoms with Crippen LogP contribution in [0.4, 0.5) is 4.79 Å². The van der Waals surface area contributed by atoms with Gasteiger partial charge in [-0.3, -0.25) is 4.90 Å². The zero-order valence-electron chi connectivity index (χ0n) is 9.08. The number of hydrogen-bond acceptors (Lipinski definition) is 1. The Balaban J connectivity index is 3.07. The molecule has 14 heavy (non-hydrogen) atoms. The highest BCUT2D eigenvalue weighted by molar-refractivity contribution is 5.76. The van der Waals surface area contributed by atoms with Crippen LogP contribution in [0.1, 0.15) is 33.6 Å². The lowest BCUT2D eigenvalue weighted by molar-refractivity contribution is 0.230. The first-order valence-corrected chi connectivity index (χ1v) is 5.10. The van der Waals surface area contributed by atoms with Gasteiger partial charge in [-0.05, 0) is 24.3 Å². The summed E-state index contributed by atoms with van der Waals surface area (Å²) in [5.74, 6) is 0.422. The Morgan fingerprint density at radius 3 is 2.57 bits per heavy atom. The van der Waals surface area contributed by atoms with Crippen LogP contribution in [0.2, 0.25) is 0 Å².